The second-order valence-corrected chi connectivity index (χ2v) is 5.03. The molecule has 0 saturated carbocycles. The Bertz CT molecular complexity index is 511. The van der Waals surface area contributed by atoms with Gasteiger partial charge in [0.2, 0.25) is 0 Å². The molecule has 0 aliphatic carbocycles. The molecule has 20 heavy (non-hydrogen) atoms. The minimum absolute atomic E-state index is 0.101. The number of aliphatic hydroxyl groups is 1. The van der Waals surface area contributed by atoms with Gasteiger partial charge in [-0.1, -0.05) is 37.7 Å². The standard InChI is InChI=1S/C17H23NO2/c1-4-5-7-14(3)18-17(20)16-10-9-13(2)12-15(16)8-6-11-19/h9-10,12,14,19H,4-5,7,11H2,1-3H3,(H,18,20). The van der Waals surface area contributed by atoms with Crippen LogP contribution in [-0.4, -0.2) is 23.7 Å². The SMILES string of the molecule is CCCCC(C)NC(=O)c1ccc(C)cc1C#CCO. The van der Waals surface area contributed by atoms with E-state index in [9.17, 15) is 4.79 Å². The highest BCUT2D eigenvalue weighted by atomic mass is 16.2. The predicted octanol–water partition coefficient (Wildman–Crippen LogP) is 2.65. The summed E-state index contributed by atoms with van der Waals surface area (Å²) in [6, 6.07) is 5.71. The number of benzene rings is 1. The van der Waals surface area contributed by atoms with Crippen LogP contribution in [-0.2, 0) is 0 Å². The van der Waals surface area contributed by atoms with Crippen LogP contribution in [0, 0.1) is 18.8 Å². The average molecular weight is 273 g/mol. The quantitative estimate of drug-likeness (QED) is 0.810. The summed E-state index contributed by atoms with van der Waals surface area (Å²) >= 11 is 0. The van der Waals surface area contributed by atoms with Gasteiger partial charge in [0.05, 0.1) is 5.56 Å². The molecule has 0 saturated heterocycles. The van der Waals surface area contributed by atoms with Crippen LogP contribution in [0.1, 0.15) is 54.6 Å². The van der Waals surface area contributed by atoms with E-state index >= 15 is 0 Å². The monoisotopic (exact) mass is 273 g/mol. The highest BCUT2D eigenvalue weighted by Gasteiger charge is 2.12. The van der Waals surface area contributed by atoms with Crippen molar-refractivity contribution < 1.29 is 9.90 Å². The van der Waals surface area contributed by atoms with E-state index in [1.54, 1.807) is 6.07 Å². The van der Waals surface area contributed by atoms with Gasteiger partial charge in [0.15, 0.2) is 0 Å². The Labute approximate surface area is 121 Å². The maximum atomic E-state index is 12.3. The van der Waals surface area contributed by atoms with Crippen LogP contribution in [0.15, 0.2) is 18.2 Å². The van der Waals surface area contributed by atoms with Crippen LogP contribution in [0.3, 0.4) is 0 Å². The van der Waals surface area contributed by atoms with E-state index < -0.39 is 0 Å². The van der Waals surface area contributed by atoms with Gasteiger partial charge in [-0.2, -0.15) is 0 Å². The van der Waals surface area contributed by atoms with Crippen LogP contribution in [0.5, 0.6) is 0 Å². The normalized spacial score (nSPS) is 11.4. The van der Waals surface area contributed by atoms with Gasteiger partial charge in [-0.3, -0.25) is 4.79 Å². The van der Waals surface area contributed by atoms with E-state index in [0.29, 0.717) is 11.1 Å². The van der Waals surface area contributed by atoms with Crippen molar-refractivity contribution in [2.24, 2.45) is 0 Å². The summed E-state index contributed by atoms with van der Waals surface area (Å²) in [5.41, 5.74) is 2.28. The van der Waals surface area contributed by atoms with Crippen LogP contribution in [0.25, 0.3) is 0 Å². The van der Waals surface area contributed by atoms with Gasteiger partial charge in [-0.15, -0.1) is 0 Å². The summed E-state index contributed by atoms with van der Waals surface area (Å²) in [7, 11) is 0. The molecule has 0 aromatic heterocycles. The molecular formula is C17H23NO2. The van der Waals surface area contributed by atoms with Gasteiger partial charge in [-0.25, -0.2) is 0 Å². The molecule has 1 unspecified atom stereocenters. The number of carbonyl (C=O) groups is 1. The fourth-order valence-electron chi connectivity index (χ4n) is 1.98. The number of aliphatic hydroxyl groups excluding tert-OH is 1. The minimum Gasteiger partial charge on any atom is -0.384 e. The Morgan fingerprint density at radius 3 is 2.85 bits per heavy atom. The topological polar surface area (TPSA) is 49.3 Å². The van der Waals surface area contributed by atoms with Gasteiger partial charge in [0, 0.05) is 11.6 Å². The molecule has 0 spiro atoms. The van der Waals surface area contributed by atoms with Gasteiger partial charge in [-0.05, 0) is 38.0 Å². The Balaban J connectivity index is 2.86. The summed E-state index contributed by atoms with van der Waals surface area (Å²) in [5.74, 6) is 5.34. The van der Waals surface area contributed by atoms with Gasteiger partial charge >= 0.3 is 0 Å². The van der Waals surface area contributed by atoms with Crippen LogP contribution >= 0.6 is 0 Å². The highest BCUT2D eigenvalue weighted by molar-refractivity contribution is 5.97. The first kappa shape index (κ1) is 16.3. The lowest BCUT2D eigenvalue weighted by Gasteiger charge is -2.14. The fourth-order valence-corrected chi connectivity index (χ4v) is 1.98. The number of hydrogen-bond acceptors (Lipinski definition) is 2. The molecule has 0 fully saturated rings. The van der Waals surface area contributed by atoms with Crippen molar-refractivity contribution in [1.29, 1.82) is 0 Å². The maximum absolute atomic E-state index is 12.3. The second kappa shape index (κ2) is 8.39. The third-order valence-corrected chi connectivity index (χ3v) is 3.09. The van der Waals surface area contributed by atoms with Gasteiger partial charge in [0.25, 0.3) is 5.91 Å². The summed E-state index contributed by atoms with van der Waals surface area (Å²) in [4.78, 5) is 12.3. The van der Waals surface area contributed by atoms with E-state index in [1.165, 1.54) is 0 Å². The zero-order valence-corrected chi connectivity index (χ0v) is 12.5. The Hall–Kier alpha value is -1.79. The number of rotatable bonds is 5. The summed E-state index contributed by atoms with van der Waals surface area (Å²) in [5, 5.41) is 11.8. The minimum atomic E-state index is -0.206. The van der Waals surface area contributed by atoms with E-state index in [2.05, 4.69) is 24.1 Å². The molecule has 0 bridgehead atoms. The zero-order valence-electron chi connectivity index (χ0n) is 12.5. The van der Waals surface area contributed by atoms with Crippen molar-refractivity contribution in [2.45, 2.75) is 46.1 Å². The van der Waals surface area contributed by atoms with Crippen molar-refractivity contribution in [3.8, 4) is 11.8 Å². The van der Waals surface area contributed by atoms with E-state index in [4.69, 9.17) is 5.11 Å². The number of amides is 1. The zero-order chi connectivity index (χ0) is 15.0. The van der Waals surface area contributed by atoms with Crippen LogP contribution in [0.4, 0.5) is 0 Å². The molecule has 0 radical (unpaired) electrons. The largest absolute Gasteiger partial charge is 0.384 e. The molecule has 108 valence electrons. The molecule has 3 heteroatoms. The van der Waals surface area contributed by atoms with Crippen LogP contribution < -0.4 is 5.32 Å². The number of hydrogen-bond donors (Lipinski definition) is 2. The van der Waals surface area contributed by atoms with E-state index in [-0.39, 0.29) is 18.6 Å². The lowest BCUT2D eigenvalue weighted by Crippen LogP contribution is -2.33. The predicted molar refractivity (Wildman–Crippen MR) is 81.6 cm³/mol. The van der Waals surface area contributed by atoms with Crippen molar-refractivity contribution in [2.75, 3.05) is 6.61 Å². The molecule has 1 amide bonds. The molecule has 1 aromatic carbocycles. The van der Waals surface area contributed by atoms with Crippen molar-refractivity contribution in [3.63, 3.8) is 0 Å². The number of unbranched alkanes of at least 4 members (excludes halogenated alkanes) is 1. The third kappa shape index (κ3) is 5.07. The lowest BCUT2D eigenvalue weighted by molar-refractivity contribution is 0.0937. The summed E-state index contributed by atoms with van der Waals surface area (Å²) in [6.07, 6.45) is 3.20. The van der Waals surface area contributed by atoms with Gasteiger partial charge in [0.1, 0.15) is 6.61 Å². The molecule has 2 N–H and O–H groups in total. The Morgan fingerprint density at radius 1 is 1.45 bits per heavy atom. The summed E-state index contributed by atoms with van der Waals surface area (Å²) < 4.78 is 0. The van der Waals surface area contributed by atoms with E-state index in [1.807, 2.05) is 26.0 Å². The Morgan fingerprint density at radius 2 is 2.20 bits per heavy atom. The summed E-state index contributed by atoms with van der Waals surface area (Å²) in [6.45, 7) is 5.90. The molecule has 3 nitrogen and oxygen atoms in total. The maximum Gasteiger partial charge on any atom is 0.252 e. The van der Waals surface area contributed by atoms with E-state index in [0.717, 1.165) is 24.8 Å². The van der Waals surface area contributed by atoms with Gasteiger partial charge < -0.3 is 10.4 Å². The fraction of sp³-hybridized carbons (Fsp3) is 0.471. The molecule has 0 heterocycles. The first-order valence-corrected chi connectivity index (χ1v) is 7.09. The molecule has 0 aliphatic rings. The molecular weight excluding hydrogens is 250 g/mol. The average Bonchev–Trinajstić information content (AvgIpc) is 2.42. The number of aryl methyl sites for hydroxylation is 1. The highest BCUT2D eigenvalue weighted by Crippen LogP contribution is 2.11. The van der Waals surface area contributed by atoms with Crippen molar-refractivity contribution in [3.05, 3.63) is 34.9 Å². The van der Waals surface area contributed by atoms with Crippen molar-refractivity contribution in [1.82, 2.24) is 5.32 Å². The third-order valence-electron chi connectivity index (χ3n) is 3.09. The first-order chi connectivity index (χ1) is 9.58. The van der Waals surface area contributed by atoms with Crippen LogP contribution in [0.2, 0.25) is 0 Å². The lowest BCUT2D eigenvalue weighted by atomic mass is 10.0. The second-order valence-electron chi connectivity index (χ2n) is 5.03. The number of nitrogens with one attached hydrogen (secondary N) is 1. The molecule has 1 atom stereocenters. The van der Waals surface area contributed by atoms with Crippen molar-refractivity contribution >= 4 is 5.91 Å². The molecule has 1 aromatic rings. The first-order valence-electron chi connectivity index (χ1n) is 7.09. The molecule has 1 rings (SSSR count). The smallest absolute Gasteiger partial charge is 0.252 e. The Kier molecular flexibility index (Phi) is 6.83. The molecule has 0 aliphatic heterocycles. The number of carbonyl (C=O) groups excluding carboxylic acids is 1.